The van der Waals surface area contributed by atoms with E-state index in [4.69, 9.17) is 18.0 Å². The Morgan fingerprint density at radius 1 is 1.21 bits per heavy atom. The molecule has 0 aromatic heterocycles. The van der Waals surface area contributed by atoms with Gasteiger partial charge in [0.15, 0.2) is 0 Å². The van der Waals surface area contributed by atoms with Gasteiger partial charge < -0.3 is 16.0 Å². The van der Waals surface area contributed by atoms with Gasteiger partial charge in [-0.1, -0.05) is 37.9 Å². The lowest BCUT2D eigenvalue weighted by atomic mass is 9.79. The van der Waals surface area contributed by atoms with E-state index < -0.39 is 5.41 Å². The van der Waals surface area contributed by atoms with Gasteiger partial charge in [-0.15, -0.1) is 0 Å². The maximum Gasteiger partial charge on any atom is 0.241 e. The molecule has 6 heteroatoms. The molecule has 3 N–H and O–H groups in total. The molecule has 5 nitrogen and oxygen atoms in total. The average molecular weight is 285 g/mol. The van der Waals surface area contributed by atoms with Crippen molar-refractivity contribution in [3.63, 3.8) is 0 Å². The third-order valence-electron chi connectivity index (χ3n) is 3.76. The minimum Gasteiger partial charge on any atom is -0.392 e. The zero-order valence-electron chi connectivity index (χ0n) is 11.7. The summed E-state index contributed by atoms with van der Waals surface area (Å²) in [6, 6.07) is 0. The summed E-state index contributed by atoms with van der Waals surface area (Å²) in [5.74, 6) is -0.336. The molecule has 0 aromatic rings. The second kappa shape index (κ2) is 6.84. The molecule has 1 aliphatic carbocycles. The smallest absolute Gasteiger partial charge is 0.241 e. The number of nitrogens with zero attached hydrogens (tertiary/aromatic N) is 1. The highest BCUT2D eigenvalue weighted by Crippen LogP contribution is 2.35. The van der Waals surface area contributed by atoms with Gasteiger partial charge in [0, 0.05) is 14.1 Å². The van der Waals surface area contributed by atoms with Crippen LogP contribution in [0.25, 0.3) is 0 Å². The first kappa shape index (κ1) is 15.9. The van der Waals surface area contributed by atoms with Crippen molar-refractivity contribution >= 4 is 29.0 Å². The van der Waals surface area contributed by atoms with Crippen LogP contribution in [0.3, 0.4) is 0 Å². The molecule has 108 valence electrons. The van der Waals surface area contributed by atoms with Gasteiger partial charge in [-0.3, -0.25) is 9.59 Å². The molecular weight excluding hydrogens is 262 g/mol. The molecule has 1 fully saturated rings. The fraction of sp³-hybridized carbons (Fsp3) is 0.769. The van der Waals surface area contributed by atoms with E-state index >= 15 is 0 Å². The molecule has 0 atom stereocenters. The van der Waals surface area contributed by atoms with Gasteiger partial charge in [0.05, 0.1) is 16.9 Å². The van der Waals surface area contributed by atoms with E-state index in [0.29, 0.717) is 12.8 Å². The van der Waals surface area contributed by atoms with E-state index in [1.54, 1.807) is 14.1 Å². The molecule has 2 amide bonds. The number of nitrogens with two attached hydrogens (primary N) is 1. The lowest BCUT2D eigenvalue weighted by Gasteiger charge is -2.30. The molecular formula is C13H23N3O2S. The molecule has 0 unspecified atom stereocenters. The summed E-state index contributed by atoms with van der Waals surface area (Å²) in [6.07, 6.45) is 5.48. The summed E-state index contributed by atoms with van der Waals surface area (Å²) in [5, 5.41) is 2.69. The van der Waals surface area contributed by atoms with Crippen LogP contribution in [0.1, 0.15) is 38.5 Å². The molecule has 0 aliphatic heterocycles. The average Bonchev–Trinajstić information content (AvgIpc) is 2.61. The van der Waals surface area contributed by atoms with Crippen LogP contribution in [0, 0.1) is 5.41 Å². The Hall–Kier alpha value is -1.17. The SMILES string of the molecule is CN(C)C(=O)CNC(=O)C1(C(N)=S)CCCCCC1. The second-order valence-corrected chi connectivity index (χ2v) is 5.77. The van der Waals surface area contributed by atoms with Crippen molar-refractivity contribution in [3.8, 4) is 0 Å². The van der Waals surface area contributed by atoms with Crippen molar-refractivity contribution in [1.29, 1.82) is 0 Å². The van der Waals surface area contributed by atoms with Gasteiger partial charge in [0.1, 0.15) is 0 Å². The van der Waals surface area contributed by atoms with Crippen molar-refractivity contribution in [1.82, 2.24) is 10.2 Å². The van der Waals surface area contributed by atoms with E-state index in [1.807, 2.05) is 0 Å². The van der Waals surface area contributed by atoms with Crippen LogP contribution in [-0.4, -0.2) is 42.3 Å². The van der Waals surface area contributed by atoms with Crippen LogP contribution < -0.4 is 11.1 Å². The van der Waals surface area contributed by atoms with Gasteiger partial charge in [-0.25, -0.2) is 0 Å². The highest BCUT2D eigenvalue weighted by molar-refractivity contribution is 7.80. The minimum absolute atomic E-state index is 0.00377. The van der Waals surface area contributed by atoms with Crippen molar-refractivity contribution in [3.05, 3.63) is 0 Å². The Morgan fingerprint density at radius 2 is 1.74 bits per heavy atom. The summed E-state index contributed by atoms with van der Waals surface area (Å²) in [5.41, 5.74) is 5.05. The maximum atomic E-state index is 12.4. The Labute approximate surface area is 119 Å². The van der Waals surface area contributed by atoms with E-state index in [2.05, 4.69) is 5.32 Å². The van der Waals surface area contributed by atoms with Crippen molar-refractivity contribution in [2.75, 3.05) is 20.6 Å². The fourth-order valence-electron chi connectivity index (χ4n) is 2.40. The summed E-state index contributed by atoms with van der Waals surface area (Å²) in [6.45, 7) is -0.00377. The highest BCUT2D eigenvalue weighted by Gasteiger charge is 2.41. The molecule has 0 heterocycles. The van der Waals surface area contributed by atoms with Gasteiger partial charge in [0.2, 0.25) is 11.8 Å². The Bertz CT molecular complexity index is 361. The summed E-state index contributed by atoms with van der Waals surface area (Å²) >= 11 is 5.12. The standard InChI is InChI=1S/C13H23N3O2S/c1-16(2)10(17)9-15-12(18)13(11(14)19)7-5-3-4-6-8-13/h3-9H2,1-2H3,(H2,14,19)(H,15,18). The molecule has 0 saturated heterocycles. The van der Waals surface area contributed by atoms with Crippen molar-refractivity contribution in [2.45, 2.75) is 38.5 Å². The van der Waals surface area contributed by atoms with E-state index in [9.17, 15) is 9.59 Å². The van der Waals surface area contributed by atoms with Crippen molar-refractivity contribution in [2.24, 2.45) is 11.1 Å². The van der Waals surface area contributed by atoms with Crippen LogP contribution in [0.5, 0.6) is 0 Å². The van der Waals surface area contributed by atoms with Crippen LogP contribution in [0.4, 0.5) is 0 Å². The monoisotopic (exact) mass is 285 g/mol. The summed E-state index contributed by atoms with van der Waals surface area (Å²) < 4.78 is 0. The molecule has 0 aromatic carbocycles. The molecule has 0 radical (unpaired) electrons. The minimum atomic E-state index is -0.765. The number of rotatable bonds is 4. The molecule has 1 rings (SSSR count). The van der Waals surface area contributed by atoms with Crippen LogP contribution in [0.15, 0.2) is 0 Å². The molecule has 0 bridgehead atoms. The van der Waals surface area contributed by atoms with E-state index in [-0.39, 0.29) is 23.3 Å². The first-order chi connectivity index (χ1) is 8.90. The van der Waals surface area contributed by atoms with E-state index in [0.717, 1.165) is 25.7 Å². The van der Waals surface area contributed by atoms with E-state index in [1.165, 1.54) is 4.90 Å². The summed E-state index contributed by atoms with van der Waals surface area (Å²) in [7, 11) is 3.31. The second-order valence-electron chi connectivity index (χ2n) is 5.33. The number of thiocarbonyl (C=S) groups is 1. The topological polar surface area (TPSA) is 75.4 Å². The summed E-state index contributed by atoms with van der Waals surface area (Å²) in [4.78, 5) is 25.6. The highest BCUT2D eigenvalue weighted by atomic mass is 32.1. The number of likely N-dealkylation sites (N-methyl/N-ethyl adjacent to an activating group) is 1. The molecule has 19 heavy (non-hydrogen) atoms. The zero-order chi connectivity index (χ0) is 14.5. The van der Waals surface area contributed by atoms with Crippen molar-refractivity contribution < 1.29 is 9.59 Å². The van der Waals surface area contributed by atoms with Gasteiger partial charge >= 0.3 is 0 Å². The zero-order valence-corrected chi connectivity index (χ0v) is 12.5. The van der Waals surface area contributed by atoms with Gasteiger partial charge in [-0.2, -0.15) is 0 Å². The van der Waals surface area contributed by atoms with Gasteiger partial charge in [-0.05, 0) is 12.8 Å². The molecule has 1 aliphatic rings. The van der Waals surface area contributed by atoms with Crippen LogP contribution in [0.2, 0.25) is 0 Å². The third-order valence-corrected chi connectivity index (χ3v) is 4.15. The number of hydrogen-bond donors (Lipinski definition) is 2. The Morgan fingerprint density at radius 3 is 2.16 bits per heavy atom. The Balaban J connectivity index is 2.73. The van der Waals surface area contributed by atoms with Gasteiger partial charge in [0.25, 0.3) is 0 Å². The van der Waals surface area contributed by atoms with Crippen LogP contribution in [-0.2, 0) is 9.59 Å². The maximum absolute atomic E-state index is 12.4. The normalized spacial score (nSPS) is 18.2. The quantitative estimate of drug-likeness (QED) is 0.592. The third kappa shape index (κ3) is 3.89. The predicted octanol–water partition coefficient (Wildman–Crippen LogP) is 0.817. The fourth-order valence-corrected chi connectivity index (χ4v) is 2.70. The Kier molecular flexibility index (Phi) is 5.72. The first-order valence-corrected chi connectivity index (χ1v) is 7.09. The molecule has 0 spiro atoms. The number of amides is 2. The largest absolute Gasteiger partial charge is 0.392 e. The lowest BCUT2D eigenvalue weighted by molar-refractivity contribution is -0.133. The lowest BCUT2D eigenvalue weighted by Crippen LogP contribution is -2.50. The predicted molar refractivity (Wildman–Crippen MR) is 78.6 cm³/mol. The molecule has 1 saturated carbocycles. The number of carbonyl (C=O) groups excluding carboxylic acids is 2. The number of nitrogens with one attached hydrogen (secondary N) is 1. The number of hydrogen-bond acceptors (Lipinski definition) is 3. The van der Waals surface area contributed by atoms with Crippen LogP contribution >= 0.6 is 12.2 Å². The first-order valence-electron chi connectivity index (χ1n) is 6.68. The number of carbonyl (C=O) groups is 2.